The summed E-state index contributed by atoms with van der Waals surface area (Å²) in [7, 11) is 0. The highest BCUT2D eigenvalue weighted by Crippen LogP contribution is 2.32. The lowest BCUT2D eigenvalue weighted by atomic mass is 9.93. The van der Waals surface area contributed by atoms with Crippen molar-refractivity contribution < 1.29 is 0 Å². The summed E-state index contributed by atoms with van der Waals surface area (Å²) in [4.78, 5) is 11.0. The van der Waals surface area contributed by atoms with Crippen LogP contribution in [0.3, 0.4) is 0 Å². The van der Waals surface area contributed by atoms with Gasteiger partial charge in [-0.05, 0) is 11.8 Å². The van der Waals surface area contributed by atoms with Gasteiger partial charge >= 0.3 is 0 Å². The summed E-state index contributed by atoms with van der Waals surface area (Å²) in [5, 5.41) is 0.548. The lowest BCUT2D eigenvalue weighted by Crippen LogP contribution is -2.24. The summed E-state index contributed by atoms with van der Waals surface area (Å²) >= 11 is 6.00. The van der Waals surface area contributed by atoms with Crippen LogP contribution in [0.25, 0.3) is 0 Å². The first-order chi connectivity index (χ1) is 7.50. The zero-order chi connectivity index (χ0) is 11.8. The summed E-state index contributed by atoms with van der Waals surface area (Å²) in [6, 6.07) is 1.86. The number of aryl methyl sites for hydroxylation is 1. The van der Waals surface area contributed by atoms with Crippen LogP contribution in [0.5, 0.6) is 0 Å². The molecular weight excluding hydrogens is 222 g/mol. The van der Waals surface area contributed by atoms with E-state index in [9.17, 15) is 0 Å². The van der Waals surface area contributed by atoms with E-state index in [1.54, 1.807) is 0 Å². The molecule has 1 aliphatic heterocycles. The Kier molecular flexibility index (Phi) is 3.06. The summed E-state index contributed by atoms with van der Waals surface area (Å²) < 4.78 is 0. The molecule has 1 fully saturated rings. The van der Waals surface area contributed by atoms with Crippen LogP contribution >= 0.6 is 11.6 Å². The molecule has 1 aromatic heterocycles. The zero-order valence-corrected chi connectivity index (χ0v) is 10.9. The topological polar surface area (TPSA) is 29.0 Å². The molecule has 0 atom stereocenters. The summed E-state index contributed by atoms with van der Waals surface area (Å²) in [5.74, 6) is 1.80. The second-order valence-corrected chi connectivity index (χ2v) is 5.54. The number of nitrogens with zero attached hydrogens (tertiary/aromatic N) is 3. The van der Waals surface area contributed by atoms with Gasteiger partial charge in [-0.25, -0.2) is 9.97 Å². The first kappa shape index (κ1) is 11.6. The monoisotopic (exact) mass is 239 g/mol. The molecule has 0 saturated carbocycles. The number of hydrogen-bond donors (Lipinski definition) is 0. The predicted molar refractivity (Wildman–Crippen MR) is 67.0 cm³/mol. The van der Waals surface area contributed by atoms with Crippen LogP contribution in [0, 0.1) is 5.41 Å². The average molecular weight is 240 g/mol. The molecule has 2 heterocycles. The molecule has 1 saturated heterocycles. The molecule has 88 valence electrons. The van der Waals surface area contributed by atoms with Crippen LogP contribution in [0.2, 0.25) is 5.15 Å². The molecule has 0 amide bonds. The lowest BCUT2D eigenvalue weighted by molar-refractivity contribution is 0.418. The largest absolute Gasteiger partial charge is 0.356 e. The smallest absolute Gasteiger partial charge is 0.134 e. The summed E-state index contributed by atoms with van der Waals surface area (Å²) in [6.07, 6.45) is 2.03. The summed E-state index contributed by atoms with van der Waals surface area (Å²) in [5.41, 5.74) is 0.379. The predicted octanol–water partition coefficient (Wildman–Crippen LogP) is 2.93. The van der Waals surface area contributed by atoms with E-state index >= 15 is 0 Å². The Labute approximate surface area is 102 Å². The van der Waals surface area contributed by atoms with E-state index in [0.717, 1.165) is 31.2 Å². The fourth-order valence-electron chi connectivity index (χ4n) is 2.08. The highest BCUT2D eigenvalue weighted by Gasteiger charge is 2.30. The van der Waals surface area contributed by atoms with E-state index < -0.39 is 0 Å². The molecule has 2 rings (SSSR count). The Morgan fingerprint density at radius 3 is 2.75 bits per heavy atom. The Bertz CT molecular complexity index is 390. The molecule has 1 aliphatic rings. The van der Waals surface area contributed by atoms with Crippen molar-refractivity contribution in [2.45, 2.75) is 33.6 Å². The van der Waals surface area contributed by atoms with Gasteiger partial charge in [0.2, 0.25) is 0 Å². The number of rotatable bonds is 2. The molecule has 0 aromatic carbocycles. The van der Waals surface area contributed by atoms with Crippen molar-refractivity contribution in [1.82, 2.24) is 9.97 Å². The van der Waals surface area contributed by atoms with E-state index in [-0.39, 0.29) is 0 Å². The minimum atomic E-state index is 0.379. The molecule has 3 nitrogen and oxygen atoms in total. The molecular formula is C12H18ClN3. The average Bonchev–Trinajstić information content (AvgIpc) is 2.58. The van der Waals surface area contributed by atoms with Crippen LogP contribution in [0.4, 0.5) is 5.82 Å². The fraction of sp³-hybridized carbons (Fsp3) is 0.667. The molecule has 16 heavy (non-hydrogen) atoms. The number of aromatic nitrogens is 2. The van der Waals surface area contributed by atoms with Gasteiger partial charge in [0, 0.05) is 25.6 Å². The summed E-state index contributed by atoms with van der Waals surface area (Å²) in [6.45, 7) is 8.73. The molecule has 0 N–H and O–H groups in total. The highest BCUT2D eigenvalue weighted by atomic mass is 35.5. The van der Waals surface area contributed by atoms with Gasteiger partial charge in [0.25, 0.3) is 0 Å². The van der Waals surface area contributed by atoms with Crippen molar-refractivity contribution >= 4 is 17.4 Å². The van der Waals surface area contributed by atoms with E-state index in [2.05, 4.69) is 28.7 Å². The van der Waals surface area contributed by atoms with E-state index in [4.69, 9.17) is 11.6 Å². The normalized spacial score (nSPS) is 19.1. The maximum absolute atomic E-state index is 6.00. The van der Waals surface area contributed by atoms with Crippen molar-refractivity contribution in [3.8, 4) is 0 Å². The Morgan fingerprint density at radius 2 is 2.19 bits per heavy atom. The second-order valence-electron chi connectivity index (χ2n) is 5.15. The van der Waals surface area contributed by atoms with Crippen molar-refractivity contribution in [2.75, 3.05) is 18.0 Å². The van der Waals surface area contributed by atoms with Gasteiger partial charge in [-0.3, -0.25) is 0 Å². The van der Waals surface area contributed by atoms with Crippen molar-refractivity contribution in [3.63, 3.8) is 0 Å². The molecule has 1 aromatic rings. The Morgan fingerprint density at radius 1 is 1.44 bits per heavy atom. The molecule has 0 spiro atoms. The van der Waals surface area contributed by atoms with Crippen LogP contribution < -0.4 is 4.90 Å². The quantitative estimate of drug-likeness (QED) is 0.744. The number of hydrogen-bond acceptors (Lipinski definition) is 3. The van der Waals surface area contributed by atoms with E-state index in [1.165, 1.54) is 6.42 Å². The molecule has 0 bridgehead atoms. The maximum atomic E-state index is 6.00. The maximum Gasteiger partial charge on any atom is 0.134 e. The first-order valence-corrected chi connectivity index (χ1v) is 6.16. The van der Waals surface area contributed by atoms with Gasteiger partial charge in [-0.1, -0.05) is 32.4 Å². The first-order valence-electron chi connectivity index (χ1n) is 5.78. The second kappa shape index (κ2) is 4.21. The van der Waals surface area contributed by atoms with Gasteiger partial charge < -0.3 is 4.90 Å². The van der Waals surface area contributed by atoms with Crippen LogP contribution in [-0.2, 0) is 6.42 Å². The van der Waals surface area contributed by atoms with Gasteiger partial charge in [0.05, 0.1) is 0 Å². The van der Waals surface area contributed by atoms with Crippen LogP contribution in [0.15, 0.2) is 6.07 Å². The van der Waals surface area contributed by atoms with Gasteiger partial charge in [0.1, 0.15) is 16.8 Å². The third-order valence-corrected chi connectivity index (χ3v) is 3.24. The number of anilines is 1. The third-order valence-electron chi connectivity index (χ3n) is 3.05. The molecule has 0 unspecified atom stereocenters. The van der Waals surface area contributed by atoms with Crippen LogP contribution in [-0.4, -0.2) is 23.1 Å². The minimum Gasteiger partial charge on any atom is -0.356 e. The van der Waals surface area contributed by atoms with Gasteiger partial charge in [0.15, 0.2) is 0 Å². The molecule has 0 aliphatic carbocycles. The fourth-order valence-corrected chi connectivity index (χ4v) is 2.27. The SMILES string of the molecule is CCc1nc(Cl)cc(N2CCC(C)(C)C2)n1. The van der Waals surface area contributed by atoms with Gasteiger partial charge in [-0.2, -0.15) is 0 Å². The van der Waals surface area contributed by atoms with E-state index in [0.29, 0.717) is 10.6 Å². The third kappa shape index (κ3) is 2.46. The van der Waals surface area contributed by atoms with Crippen molar-refractivity contribution in [2.24, 2.45) is 5.41 Å². The highest BCUT2D eigenvalue weighted by molar-refractivity contribution is 6.29. The lowest BCUT2D eigenvalue weighted by Gasteiger charge is -2.21. The van der Waals surface area contributed by atoms with Gasteiger partial charge in [-0.15, -0.1) is 0 Å². The zero-order valence-electron chi connectivity index (χ0n) is 10.1. The standard InChI is InChI=1S/C12H18ClN3/c1-4-10-14-9(13)7-11(15-10)16-6-5-12(2,3)8-16/h7H,4-6,8H2,1-3H3. The Hall–Kier alpha value is -0.830. The van der Waals surface area contributed by atoms with Crippen molar-refractivity contribution in [1.29, 1.82) is 0 Å². The molecule has 4 heteroatoms. The van der Waals surface area contributed by atoms with Crippen molar-refractivity contribution in [3.05, 3.63) is 17.0 Å². The van der Waals surface area contributed by atoms with E-state index in [1.807, 2.05) is 13.0 Å². The minimum absolute atomic E-state index is 0.379. The Balaban J connectivity index is 2.24. The van der Waals surface area contributed by atoms with Crippen LogP contribution in [0.1, 0.15) is 33.0 Å². The number of halogens is 1. The molecule has 0 radical (unpaired) electrons.